The second-order valence-corrected chi connectivity index (χ2v) is 5.36. The summed E-state index contributed by atoms with van der Waals surface area (Å²) in [5.41, 5.74) is 1.26. The molecule has 1 N–H and O–H groups in total. The maximum absolute atomic E-state index is 11.7. The van der Waals surface area contributed by atoms with Crippen molar-refractivity contribution in [2.45, 2.75) is 20.3 Å². The first-order valence-corrected chi connectivity index (χ1v) is 6.78. The summed E-state index contributed by atoms with van der Waals surface area (Å²) in [7, 11) is -3.49. The maximum atomic E-state index is 11.7. The fourth-order valence-corrected chi connectivity index (χ4v) is 1.86. The van der Waals surface area contributed by atoms with Crippen LogP contribution in [0.4, 0.5) is 0 Å². The zero-order chi connectivity index (χ0) is 12.2. The second kappa shape index (κ2) is 5.12. The molecule has 0 atom stereocenters. The monoisotopic (exact) mass is 241 g/mol. The smallest absolute Gasteiger partial charge is 0.265 e. The van der Waals surface area contributed by atoms with Gasteiger partial charge in [-0.05, 0) is 25.0 Å². The van der Waals surface area contributed by atoms with Gasteiger partial charge < -0.3 is 0 Å². The van der Waals surface area contributed by atoms with Crippen molar-refractivity contribution < 1.29 is 13.2 Å². The van der Waals surface area contributed by atoms with Crippen LogP contribution in [-0.2, 0) is 16.4 Å². The summed E-state index contributed by atoms with van der Waals surface area (Å²) in [5, 5.41) is 0. The summed E-state index contributed by atoms with van der Waals surface area (Å²) < 4.78 is 24.5. The molecule has 1 amide bonds. The highest BCUT2D eigenvalue weighted by Gasteiger charge is 2.15. The highest BCUT2D eigenvalue weighted by atomic mass is 32.2. The quantitative estimate of drug-likeness (QED) is 0.865. The van der Waals surface area contributed by atoms with Crippen molar-refractivity contribution in [2.75, 3.05) is 5.75 Å². The molecule has 0 aromatic heterocycles. The lowest BCUT2D eigenvalue weighted by molar-refractivity contribution is 0.0980. The molecule has 1 aromatic carbocycles. The molecule has 0 aliphatic heterocycles. The lowest BCUT2D eigenvalue weighted by Gasteiger charge is -2.08. The van der Waals surface area contributed by atoms with E-state index < -0.39 is 15.9 Å². The Labute approximate surface area is 95.7 Å². The molecule has 88 valence electrons. The van der Waals surface area contributed by atoms with E-state index in [0.29, 0.717) is 12.0 Å². The molecule has 4 nitrogen and oxygen atoms in total. The number of hydrogen-bond donors (Lipinski definition) is 1. The summed E-state index contributed by atoms with van der Waals surface area (Å²) >= 11 is 0. The lowest BCUT2D eigenvalue weighted by Crippen LogP contribution is -2.32. The van der Waals surface area contributed by atoms with Gasteiger partial charge in [0.25, 0.3) is 5.91 Å². The Hall–Kier alpha value is -1.36. The fraction of sp³-hybridized carbons (Fsp3) is 0.364. The van der Waals surface area contributed by atoms with Crippen LogP contribution >= 0.6 is 0 Å². The van der Waals surface area contributed by atoms with Crippen LogP contribution in [0.15, 0.2) is 24.3 Å². The molecule has 0 spiro atoms. The summed E-state index contributed by atoms with van der Waals surface area (Å²) in [4.78, 5) is 11.7. The topological polar surface area (TPSA) is 63.2 Å². The van der Waals surface area contributed by atoms with Crippen LogP contribution in [-0.4, -0.2) is 20.1 Å². The predicted molar refractivity (Wildman–Crippen MR) is 62.7 cm³/mol. The number of nitrogens with one attached hydrogen (secondary N) is 1. The van der Waals surface area contributed by atoms with Crippen LogP contribution in [0.2, 0.25) is 0 Å². The highest BCUT2D eigenvalue weighted by Crippen LogP contribution is 2.09. The lowest BCUT2D eigenvalue weighted by atomic mass is 10.1. The van der Waals surface area contributed by atoms with Gasteiger partial charge in [0.1, 0.15) is 0 Å². The minimum atomic E-state index is -3.49. The third-order valence-electron chi connectivity index (χ3n) is 2.27. The van der Waals surface area contributed by atoms with E-state index >= 15 is 0 Å². The van der Waals surface area contributed by atoms with Gasteiger partial charge in [-0.1, -0.05) is 25.1 Å². The van der Waals surface area contributed by atoms with Crippen LogP contribution < -0.4 is 4.72 Å². The number of aryl methyl sites for hydroxylation is 1. The van der Waals surface area contributed by atoms with Gasteiger partial charge in [-0.2, -0.15) is 0 Å². The van der Waals surface area contributed by atoms with Crippen molar-refractivity contribution in [3.05, 3.63) is 35.4 Å². The third kappa shape index (κ3) is 3.06. The van der Waals surface area contributed by atoms with Crippen molar-refractivity contribution in [3.8, 4) is 0 Å². The van der Waals surface area contributed by atoms with Crippen molar-refractivity contribution in [1.29, 1.82) is 0 Å². The molecule has 0 bridgehead atoms. The van der Waals surface area contributed by atoms with E-state index in [9.17, 15) is 13.2 Å². The van der Waals surface area contributed by atoms with E-state index in [1.54, 1.807) is 12.1 Å². The van der Waals surface area contributed by atoms with Crippen molar-refractivity contribution >= 4 is 15.9 Å². The summed E-state index contributed by atoms with van der Waals surface area (Å²) in [6.07, 6.45) is 0.690. The first-order chi connectivity index (χ1) is 7.50. The van der Waals surface area contributed by atoms with E-state index in [4.69, 9.17) is 0 Å². The average molecular weight is 241 g/mol. The Bertz CT molecular complexity index is 480. The van der Waals surface area contributed by atoms with E-state index in [0.717, 1.165) is 5.56 Å². The Morgan fingerprint density at radius 1 is 1.25 bits per heavy atom. The summed E-state index contributed by atoms with van der Waals surface area (Å²) in [5.74, 6) is -0.660. The third-order valence-corrected chi connectivity index (χ3v) is 3.53. The predicted octanol–water partition coefficient (Wildman–Crippen LogP) is 1.33. The Morgan fingerprint density at radius 2 is 1.88 bits per heavy atom. The molecule has 1 rings (SSSR count). The Morgan fingerprint density at radius 3 is 2.44 bits per heavy atom. The van der Waals surface area contributed by atoms with Crippen molar-refractivity contribution in [2.24, 2.45) is 0 Å². The van der Waals surface area contributed by atoms with E-state index in [1.807, 2.05) is 23.8 Å². The van der Waals surface area contributed by atoms with Crippen LogP contribution in [0.25, 0.3) is 0 Å². The van der Waals surface area contributed by atoms with Gasteiger partial charge in [0.15, 0.2) is 0 Å². The molecule has 0 radical (unpaired) electrons. The molecular formula is C11H15NO3S. The number of hydrogen-bond acceptors (Lipinski definition) is 3. The van der Waals surface area contributed by atoms with Gasteiger partial charge in [0, 0.05) is 5.56 Å². The van der Waals surface area contributed by atoms with E-state index in [2.05, 4.69) is 0 Å². The minimum absolute atomic E-state index is 0.104. The van der Waals surface area contributed by atoms with Gasteiger partial charge >= 0.3 is 0 Å². The average Bonchev–Trinajstić information content (AvgIpc) is 2.28. The number of carbonyl (C=O) groups excluding carboxylic acids is 1. The van der Waals surface area contributed by atoms with Crippen LogP contribution in [0.3, 0.4) is 0 Å². The number of rotatable bonds is 4. The molecule has 1 aromatic rings. The van der Waals surface area contributed by atoms with Crippen molar-refractivity contribution in [3.63, 3.8) is 0 Å². The Balaban J connectivity index is 2.97. The molecule has 0 saturated carbocycles. The van der Waals surface area contributed by atoms with Crippen molar-refractivity contribution in [1.82, 2.24) is 4.72 Å². The standard InChI is InChI=1S/C11H15NO3S/c1-3-9-7-5-6-8-10(9)11(13)12-16(14,15)4-2/h5-8H,3-4H2,1-2H3,(H,12,13). The largest absolute Gasteiger partial charge is 0.268 e. The molecule has 16 heavy (non-hydrogen) atoms. The first kappa shape index (κ1) is 12.7. The van der Waals surface area contributed by atoms with E-state index in [-0.39, 0.29) is 5.75 Å². The zero-order valence-corrected chi connectivity index (χ0v) is 10.2. The molecule has 0 saturated heterocycles. The first-order valence-electron chi connectivity index (χ1n) is 5.13. The molecule has 0 aliphatic carbocycles. The van der Waals surface area contributed by atoms with Crippen LogP contribution in [0, 0.1) is 0 Å². The molecular weight excluding hydrogens is 226 g/mol. The van der Waals surface area contributed by atoms with Gasteiger partial charge in [0.2, 0.25) is 10.0 Å². The minimum Gasteiger partial charge on any atom is -0.268 e. The fourth-order valence-electron chi connectivity index (χ4n) is 1.32. The zero-order valence-electron chi connectivity index (χ0n) is 9.36. The van der Waals surface area contributed by atoms with Gasteiger partial charge in [-0.15, -0.1) is 0 Å². The molecule has 0 heterocycles. The van der Waals surface area contributed by atoms with Crippen LogP contribution in [0.5, 0.6) is 0 Å². The second-order valence-electron chi connectivity index (χ2n) is 3.35. The van der Waals surface area contributed by atoms with Gasteiger partial charge in [-0.3, -0.25) is 4.79 Å². The normalized spacial score (nSPS) is 11.1. The number of sulfonamides is 1. The maximum Gasteiger partial charge on any atom is 0.265 e. The van der Waals surface area contributed by atoms with Gasteiger partial charge in [0.05, 0.1) is 5.75 Å². The Kier molecular flexibility index (Phi) is 4.06. The van der Waals surface area contributed by atoms with E-state index in [1.165, 1.54) is 6.92 Å². The highest BCUT2D eigenvalue weighted by molar-refractivity contribution is 7.90. The number of carbonyl (C=O) groups is 1. The van der Waals surface area contributed by atoms with Gasteiger partial charge in [-0.25, -0.2) is 13.1 Å². The molecule has 5 heteroatoms. The SMILES string of the molecule is CCc1ccccc1C(=O)NS(=O)(=O)CC. The molecule has 0 aliphatic rings. The number of amides is 1. The summed E-state index contributed by atoms with van der Waals surface area (Å²) in [6.45, 7) is 3.40. The summed E-state index contributed by atoms with van der Waals surface area (Å²) in [6, 6.07) is 6.98. The van der Waals surface area contributed by atoms with Crippen LogP contribution in [0.1, 0.15) is 29.8 Å². The molecule has 0 unspecified atom stereocenters. The molecule has 0 fully saturated rings. The number of benzene rings is 1.